The van der Waals surface area contributed by atoms with E-state index in [1.165, 1.54) is 0 Å². The summed E-state index contributed by atoms with van der Waals surface area (Å²) in [5.74, 6) is 0.732. The van der Waals surface area contributed by atoms with Gasteiger partial charge in [-0.25, -0.2) is 4.79 Å². The molecule has 0 unspecified atom stereocenters. The fourth-order valence-corrected chi connectivity index (χ4v) is 3.16. The summed E-state index contributed by atoms with van der Waals surface area (Å²) in [6.45, 7) is 4.35. The Labute approximate surface area is 153 Å². The van der Waals surface area contributed by atoms with Crippen LogP contribution >= 0.6 is 0 Å². The van der Waals surface area contributed by atoms with E-state index in [2.05, 4.69) is 10.6 Å². The van der Waals surface area contributed by atoms with Gasteiger partial charge in [-0.3, -0.25) is 4.79 Å². The highest BCUT2D eigenvalue weighted by atomic mass is 16.5. The molecule has 1 atom stereocenters. The quantitative estimate of drug-likeness (QED) is 0.886. The van der Waals surface area contributed by atoms with Crippen LogP contribution in [0.1, 0.15) is 17.5 Å². The number of methoxy groups -OCH3 is 1. The van der Waals surface area contributed by atoms with E-state index in [4.69, 9.17) is 4.74 Å². The average Bonchev–Trinajstić information content (AvgIpc) is 2.98. The Bertz CT molecular complexity index is 797. The number of hydrogen-bond acceptors (Lipinski definition) is 3. The SMILES string of the molecule is COc1ccc(N2C[C@H](NC(=O)Nc3c(C)cccc3C)CC2=O)cc1. The number of carbonyl (C=O) groups excluding carboxylic acids is 2. The van der Waals surface area contributed by atoms with Crippen molar-refractivity contribution in [3.05, 3.63) is 53.6 Å². The Hall–Kier alpha value is -3.02. The maximum atomic E-state index is 12.3. The second-order valence-electron chi connectivity index (χ2n) is 6.47. The van der Waals surface area contributed by atoms with Crippen LogP contribution in [0.3, 0.4) is 0 Å². The molecule has 136 valence electrons. The number of urea groups is 1. The molecular weight excluding hydrogens is 330 g/mol. The van der Waals surface area contributed by atoms with Crippen LogP contribution in [0.25, 0.3) is 0 Å². The van der Waals surface area contributed by atoms with Crippen molar-refractivity contribution in [1.82, 2.24) is 5.32 Å². The third kappa shape index (κ3) is 3.79. The molecule has 0 aliphatic carbocycles. The number of hydrogen-bond donors (Lipinski definition) is 2. The molecule has 1 heterocycles. The molecule has 3 rings (SSSR count). The van der Waals surface area contributed by atoms with E-state index < -0.39 is 0 Å². The predicted molar refractivity (Wildman–Crippen MR) is 102 cm³/mol. The van der Waals surface area contributed by atoms with Gasteiger partial charge in [0.15, 0.2) is 0 Å². The summed E-state index contributed by atoms with van der Waals surface area (Å²) in [5, 5.41) is 5.79. The first kappa shape index (κ1) is 17.8. The highest BCUT2D eigenvalue weighted by Gasteiger charge is 2.31. The minimum atomic E-state index is -0.295. The number of aryl methyl sites for hydroxylation is 2. The molecule has 1 fully saturated rings. The standard InChI is InChI=1S/C20H23N3O3/c1-13-5-4-6-14(2)19(13)22-20(25)21-15-11-18(24)23(12-15)16-7-9-17(26-3)10-8-16/h4-10,15H,11-12H2,1-3H3,(H2,21,22,25)/t15-/m1/s1. The van der Waals surface area contributed by atoms with Crippen LogP contribution in [0, 0.1) is 13.8 Å². The van der Waals surface area contributed by atoms with E-state index in [0.29, 0.717) is 6.54 Å². The fraction of sp³-hybridized carbons (Fsp3) is 0.300. The number of benzene rings is 2. The first-order valence-corrected chi connectivity index (χ1v) is 8.56. The average molecular weight is 353 g/mol. The summed E-state index contributed by atoms with van der Waals surface area (Å²) < 4.78 is 5.14. The van der Waals surface area contributed by atoms with Gasteiger partial charge in [0, 0.05) is 24.3 Å². The van der Waals surface area contributed by atoms with Crippen molar-refractivity contribution in [2.24, 2.45) is 0 Å². The largest absolute Gasteiger partial charge is 0.497 e. The van der Waals surface area contributed by atoms with Gasteiger partial charge in [-0.2, -0.15) is 0 Å². The topological polar surface area (TPSA) is 70.7 Å². The van der Waals surface area contributed by atoms with Gasteiger partial charge in [0.1, 0.15) is 5.75 Å². The number of nitrogens with zero attached hydrogens (tertiary/aromatic N) is 1. The Kier molecular flexibility index (Phi) is 5.11. The number of para-hydroxylation sites is 1. The van der Waals surface area contributed by atoms with Gasteiger partial charge in [0.2, 0.25) is 5.91 Å². The summed E-state index contributed by atoms with van der Waals surface area (Å²) >= 11 is 0. The summed E-state index contributed by atoms with van der Waals surface area (Å²) in [7, 11) is 1.60. The lowest BCUT2D eigenvalue weighted by molar-refractivity contribution is -0.117. The molecule has 2 aromatic carbocycles. The zero-order valence-corrected chi connectivity index (χ0v) is 15.2. The zero-order chi connectivity index (χ0) is 18.7. The number of nitrogens with one attached hydrogen (secondary N) is 2. The number of amides is 3. The first-order valence-electron chi connectivity index (χ1n) is 8.56. The number of rotatable bonds is 4. The summed E-state index contributed by atoms with van der Waals surface area (Å²) in [6, 6.07) is 12.7. The molecule has 2 N–H and O–H groups in total. The number of anilines is 2. The second-order valence-corrected chi connectivity index (χ2v) is 6.47. The number of ether oxygens (including phenoxy) is 1. The monoisotopic (exact) mass is 353 g/mol. The molecule has 6 nitrogen and oxygen atoms in total. The molecule has 0 saturated carbocycles. The molecule has 3 amide bonds. The summed E-state index contributed by atoms with van der Waals surface area (Å²) in [5.41, 5.74) is 3.61. The molecule has 0 radical (unpaired) electrons. The van der Waals surface area contributed by atoms with Crippen molar-refractivity contribution < 1.29 is 14.3 Å². The lowest BCUT2D eigenvalue weighted by Crippen LogP contribution is -2.40. The fourth-order valence-electron chi connectivity index (χ4n) is 3.16. The van der Waals surface area contributed by atoms with Crippen molar-refractivity contribution in [3.8, 4) is 5.75 Å². The third-order valence-electron chi connectivity index (χ3n) is 4.56. The highest BCUT2D eigenvalue weighted by Crippen LogP contribution is 2.24. The van der Waals surface area contributed by atoms with Crippen LogP contribution in [0.15, 0.2) is 42.5 Å². The molecule has 1 saturated heterocycles. The zero-order valence-electron chi connectivity index (χ0n) is 15.2. The van der Waals surface area contributed by atoms with Crippen molar-refractivity contribution in [2.75, 3.05) is 23.9 Å². The Morgan fingerprint density at radius 1 is 1.12 bits per heavy atom. The molecule has 0 bridgehead atoms. The summed E-state index contributed by atoms with van der Waals surface area (Å²) in [6.07, 6.45) is 0.284. The van der Waals surface area contributed by atoms with Crippen molar-refractivity contribution in [3.63, 3.8) is 0 Å². The molecule has 1 aliphatic rings. The lowest BCUT2D eigenvalue weighted by atomic mass is 10.1. The van der Waals surface area contributed by atoms with E-state index in [1.807, 2.05) is 56.3 Å². The number of carbonyl (C=O) groups is 2. The molecule has 0 aromatic heterocycles. The van der Waals surface area contributed by atoms with Gasteiger partial charge in [-0.1, -0.05) is 18.2 Å². The van der Waals surface area contributed by atoms with Gasteiger partial charge in [-0.15, -0.1) is 0 Å². The van der Waals surface area contributed by atoms with E-state index in [9.17, 15) is 9.59 Å². The first-order chi connectivity index (χ1) is 12.5. The summed E-state index contributed by atoms with van der Waals surface area (Å²) in [4.78, 5) is 26.3. The minimum Gasteiger partial charge on any atom is -0.497 e. The van der Waals surface area contributed by atoms with Gasteiger partial charge in [-0.05, 0) is 49.2 Å². The van der Waals surface area contributed by atoms with E-state index in [1.54, 1.807) is 12.0 Å². The van der Waals surface area contributed by atoms with Gasteiger partial charge < -0.3 is 20.3 Å². The Morgan fingerprint density at radius 3 is 2.38 bits per heavy atom. The van der Waals surface area contributed by atoms with Crippen molar-refractivity contribution in [2.45, 2.75) is 26.3 Å². The predicted octanol–water partition coefficient (Wildman–Crippen LogP) is 3.24. The van der Waals surface area contributed by atoms with Gasteiger partial charge in [0.25, 0.3) is 0 Å². The van der Waals surface area contributed by atoms with Crippen LogP contribution in [0.2, 0.25) is 0 Å². The lowest BCUT2D eigenvalue weighted by Gasteiger charge is -2.18. The van der Waals surface area contributed by atoms with E-state index >= 15 is 0 Å². The van der Waals surface area contributed by atoms with Crippen LogP contribution in [-0.2, 0) is 4.79 Å². The molecule has 0 spiro atoms. The smallest absolute Gasteiger partial charge is 0.319 e. The molecule has 26 heavy (non-hydrogen) atoms. The van der Waals surface area contributed by atoms with Crippen molar-refractivity contribution >= 4 is 23.3 Å². The highest BCUT2D eigenvalue weighted by molar-refractivity contribution is 5.98. The maximum Gasteiger partial charge on any atom is 0.319 e. The molecular formula is C20H23N3O3. The Balaban J connectivity index is 1.62. The molecule has 6 heteroatoms. The van der Waals surface area contributed by atoms with Crippen LogP contribution in [0.4, 0.5) is 16.2 Å². The van der Waals surface area contributed by atoms with E-state index in [0.717, 1.165) is 28.3 Å². The van der Waals surface area contributed by atoms with Crippen LogP contribution < -0.4 is 20.3 Å². The molecule has 1 aliphatic heterocycles. The third-order valence-corrected chi connectivity index (χ3v) is 4.56. The normalized spacial score (nSPS) is 16.5. The maximum absolute atomic E-state index is 12.3. The van der Waals surface area contributed by atoms with Gasteiger partial charge in [0.05, 0.1) is 13.2 Å². The Morgan fingerprint density at radius 2 is 1.77 bits per heavy atom. The second kappa shape index (κ2) is 7.47. The van der Waals surface area contributed by atoms with Crippen molar-refractivity contribution in [1.29, 1.82) is 0 Å². The minimum absolute atomic E-state index is 0.00691. The van der Waals surface area contributed by atoms with Crippen LogP contribution in [0.5, 0.6) is 5.75 Å². The molecule has 2 aromatic rings. The van der Waals surface area contributed by atoms with Gasteiger partial charge >= 0.3 is 6.03 Å². The van der Waals surface area contributed by atoms with Crippen LogP contribution in [-0.4, -0.2) is 31.6 Å². The van der Waals surface area contributed by atoms with E-state index in [-0.39, 0.29) is 24.4 Å².